The third kappa shape index (κ3) is 2.29. The first-order chi connectivity index (χ1) is 6.70. The summed E-state index contributed by atoms with van der Waals surface area (Å²) in [5.74, 6) is 1.61. The van der Waals surface area contributed by atoms with E-state index in [0.29, 0.717) is 0 Å². The van der Waals surface area contributed by atoms with Crippen LogP contribution in [-0.4, -0.2) is 30.1 Å². The lowest BCUT2D eigenvalue weighted by atomic mass is 9.98. The van der Waals surface area contributed by atoms with Crippen LogP contribution < -0.4 is 5.73 Å². The van der Waals surface area contributed by atoms with Crippen molar-refractivity contribution in [2.24, 2.45) is 17.6 Å². The van der Waals surface area contributed by atoms with Gasteiger partial charge in [0.05, 0.1) is 0 Å². The first-order valence-corrected chi connectivity index (χ1v) is 6.16. The molecule has 14 heavy (non-hydrogen) atoms. The first-order valence-electron chi connectivity index (χ1n) is 6.16. The highest BCUT2D eigenvalue weighted by molar-refractivity contribution is 4.95. The van der Waals surface area contributed by atoms with E-state index in [-0.39, 0.29) is 0 Å². The van der Waals surface area contributed by atoms with Gasteiger partial charge in [-0.3, -0.25) is 4.90 Å². The number of rotatable bonds is 4. The fraction of sp³-hybridized carbons (Fsp3) is 1.00. The highest BCUT2D eigenvalue weighted by Gasteiger charge is 2.40. The largest absolute Gasteiger partial charge is 0.330 e. The fourth-order valence-electron chi connectivity index (χ4n) is 2.84. The molecule has 2 aliphatic rings. The molecule has 0 spiro atoms. The van der Waals surface area contributed by atoms with Gasteiger partial charge in [-0.1, -0.05) is 13.8 Å². The number of nitrogens with two attached hydrogens (primary N) is 1. The van der Waals surface area contributed by atoms with Gasteiger partial charge in [-0.05, 0) is 44.1 Å². The summed E-state index contributed by atoms with van der Waals surface area (Å²) in [6.45, 7) is 6.83. The average Bonchev–Trinajstić information content (AvgIpc) is 2.88. The number of nitrogens with zero attached hydrogens (tertiary/aromatic N) is 1. The molecule has 0 radical (unpaired) electrons. The van der Waals surface area contributed by atoms with E-state index in [0.717, 1.165) is 30.5 Å². The van der Waals surface area contributed by atoms with Crippen LogP contribution in [0.1, 0.15) is 39.5 Å². The van der Waals surface area contributed by atoms with E-state index in [2.05, 4.69) is 18.7 Å². The summed E-state index contributed by atoms with van der Waals surface area (Å²) in [6.07, 6.45) is 5.59. The van der Waals surface area contributed by atoms with E-state index in [9.17, 15) is 0 Å². The Balaban J connectivity index is 1.91. The average molecular weight is 196 g/mol. The van der Waals surface area contributed by atoms with Crippen LogP contribution in [0.15, 0.2) is 0 Å². The van der Waals surface area contributed by atoms with Crippen LogP contribution in [0, 0.1) is 11.8 Å². The molecule has 2 N–H and O–H groups in total. The predicted molar refractivity (Wildman–Crippen MR) is 60.1 cm³/mol. The molecule has 2 heteroatoms. The monoisotopic (exact) mass is 196 g/mol. The Kier molecular flexibility index (Phi) is 3.13. The zero-order chi connectivity index (χ0) is 10.1. The fourth-order valence-corrected chi connectivity index (χ4v) is 2.84. The van der Waals surface area contributed by atoms with Gasteiger partial charge >= 0.3 is 0 Å². The van der Waals surface area contributed by atoms with Gasteiger partial charge in [0.15, 0.2) is 0 Å². The summed E-state index contributed by atoms with van der Waals surface area (Å²) in [4.78, 5) is 2.75. The molecular weight excluding hydrogens is 172 g/mol. The Hall–Kier alpha value is -0.0800. The summed E-state index contributed by atoms with van der Waals surface area (Å²) < 4.78 is 0. The van der Waals surface area contributed by atoms with E-state index in [1.807, 2.05) is 0 Å². The summed E-state index contributed by atoms with van der Waals surface area (Å²) in [6, 6.07) is 1.77. The molecule has 1 saturated carbocycles. The minimum Gasteiger partial charge on any atom is -0.330 e. The van der Waals surface area contributed by atoms with Crippen molar-refractivity contribution in [3.63, 3.8) is 0 Å². The molecule has 2 rings (SSSR count). The van der Waals surface area contributed by atoms with Crippen LogP contribution in [0.3, 0.4) is 0 Å². The summed E-state index contributed by atoms with van der Waals surface area (Å²) in [5, 5.41) is 0. The molecule has 2 nitrogen and oxygen atoms in total. The molecule has 1 saturated heterocycles. The summed E-state index contributed by atoms with van der Waals surface area (Å²) >= 11 is 0. The van der Waals surface area contributed by atoms with Crippen molar-refractivity contribution < 1.29 is 0 Å². The van der Waals surface area contributed by atoms with Crippen LogP contribution in [0.2, 0.25) is 0 Å². The number of likely N-dealkylation sites (tertiary alicyclic amines) is 1. The zero-order valence-electron chi connectivity index (χ0n) is 9.58. The van der Waals surface area contributed by atoms with Crippen LogP contribution in [0.5, 0.6) is 0 Å². The van der Waals surface area contributed by atoms with Gasteiger partial charge in [-0.2, -0.15) is 0 Å². The van der Waals surface area contributed by atoms with E-state index in [1.54, 1.807) is 0 Å². The Morgan fingerprint density at radius 1 is 1.36 bits per heavy atom. The third-order valence-corrected chi connectivity index (χ3v) is 3.64. The molecule has 2 fully saturated rings. The topological polar surface area (TPSA) is 29.3 Å². The second-order valence-corrected chi connectivity index (χ2v) is 5.55. The van der Waals surface area contributed by atoms with Crippen LogP contribution in [-0.2, 0) is 0 Å². The van der Waals surface area contributed by atoms with E-state index in [4.69, 9.17) is 5.73 Å². The second-order valence-electron chi connectivity index (χ2n) is 5.55. The van der Waals surface area contributed by atoms with Gasteiger partial charge in [-0.15, -0.1) is 0 Å². The highest BCUT2D eigenvalue weighted by Crippen LogP contribution is 2.37. The number of hydrogen-bond donors (Lipinski definition) is 1. The van der Waals surface area contributed by atoms with E-state index in [1.165, 1.54) is 32.2 Å². The predicted octanol–water partition coefficient (Wildman–Crippen LogP) is 1.84. The van der Waals surface area contributed by atoms with Crippen molar-refractivity contribution in [3.05, 3.63) is 0 Å². The van der Waals surface area contributed by atoms with Crippen LogP contribution in [0.25, 0.3) is 0 Å². The minimum atomic E-state index is 0.777. The standard InChI is InChI=1S/C12H24N2/c1-9(2)5-12-6-10(7-13)8-14(12)11-3-4-11/h9-12H,3-8,13H2,1-2H3. The van der Waals surface area contributed by atoms with Gasteiger partial charge in [0.25, 0.3) is 0 Å². The van der Waals surface area contributed by atoms with Crippen molar-refractivity contribution in [1.29, 1.82) is 0 Å². The Bertz CT molecular complexity index is 187. The van der Waals surface area contributed by atoms with Gasteiger partial charge in [-0.25, -0.2) is 0 Å². The van der Waals surface area contributed by atoms with Crippen molar-refractivity contribution >= 4 is 0 Å². The lowest BCUT2D eigenvalue weighted by molar-refractivity contribution is 0.215. The molecule has 82 valence electrons. The smallest absolute Gasteiger partial charge is 0.0104 e. The lowest BCUT2D eigenvalue weighted by Crippen LogP contribution is -2.32. The molecule has 2 atom stereocenters. The quantitative estimate of drug-likeness (QED) is 0.743. The van der Waals surface area contributed by atoms with Crippen molar-refractivity contribution in [1.82, 2.24) is 4.90 Å². The minimum absolute atomic E-state index is 0.777. The molecular formula is C12H24N2. The molecule has 1 aliphatic heterocycles. The van der Waals surface area contributed by atoms with E-state index >= 15 is 0 Å². The third-order valence-electron chi connectivity index (χ3n) is 3.64. The van der Waals surface area contributed by atoms with Gasteiger partial charge in [0, 0.05) is 18.6 Å². The van der Waals surface area contributed by atoms with Crippen molar-refractivity contribution in [2.75, 3.05) is 13.1 Å². The number of hydrogen-bond acceptors (Lipinski definition) is 2. The van der Waals surface area contributed by atoms with Crippen LogP contribution >= 0.6 is 0 Å². The normalized spacial score (nSPS) is 34.3. The maximum atomic E-state index is 5.78. The lowest BCUT2D eigenvalue weighted by Gasteiger charge is -2.25. The van der Waals surface area contributed by atoms with Crippen LogP contribution in [0.4, 0.5) is 0 Å². The molecule has 2 unspecified atom stereocenters. The first kappa shape index (κ1) is 10.4. The van der Waals surface area contributed by atoms with Gasteiger partial charge in [0.1, 0.15) is 0 Å². The van der Waals surface area contributed by atoms with Crippen molar-refractivity contribution in [3.8, 4) is 0 Å². The Morgan fingerprint density at radius 3 is 2.57 bits per heavy atom. The summed E-state index contributed by atoms with van der Waals surface area (Å²) in [5.41, 5.74) is 5.78. The Labute approximate surface area is 87.8 Å². The van der Waals surface area contributed by atoms with E-state index < -0.39 is 0 Å². The Morgan fingerprint density at radius 2 is 2.07 bits per heavy atom. The molecule has 0 aromatic rings. The molecule has 0 aromatic heterocycles. The molecule has 1 aliphatic carbocycles. The molecule has 0 amide bonds. The van der Waals surface area contributed by atoms with Gasteiger partial charge in [0.2, 0.25) is 0 Å². The van der Waals surface area contributed by atoms with Crippen molar-refractivity contribution in [2.45, 2.75) is 51.6 Å². The summed E-state index contributed by atoms with van der Waals surface area (Å²) in [7, 11) is 0. The maximum absolute atomic E-state index is 5.78. The molecule has 1 heterocycles. The second kappa shape index (κ2) is 4.19. The van der Waals surface area contributed by atoms with Gasteiger partial charge < -0.3 is 5.73 Å². The molecule has 0 bridgehead atoms. The molecule has 0 aromatic carbocycles. The maximum Gasteiger partial charge on any atom is 0.0104 e. The SMILES string of the molecule is CC(C)CC1CC(CN)CN1C1CC1. The highest BCUT2D eigenvalue weighted by atomic mass is 15.2. The zero-order valence-corrected chi connectivity index (χ0v) is 9.58.